The minimum absolute atomic E-state index is 0.00911. The van der Waals surface area contributed by atoms with Crippen LogP contribution in [-0.2, 0) is 0 Å². The number of pyridine rings is 1. The topological polar surface area (TPSA) is 149 Å². The predicted octanol–water partition coefficient (Wildman–Crippen LogP) is 3.31. The fourth-order valence-electron chi connectivity index (χ4n) is 4.19. The van der Waals surface area contributed by atoms with E-state index in [0.717, 1.165) is 37.2 Å². The van der Waals surface area contributed by atoms with E-state index < -0.39 is 5.97 Å². The summed E-state index contributed by atoms with van der Waals surface area (Å²) >= 11 is 0. The van der Waals surface area contributed by atoms with Gasteiger partial charge >= 0.3 is 5.97 Å². The molecule has 9 heteroatoms. The van der Waals surface area contributed by atoms with Crippen molar-refractivity contribution in [3.63, 3.8) is 0 Å². The number of carboxylic acid groups (broad SMARTS) is 1. The van der Waals surface area contributed by atoms with Crippen LogP contribution >= 0.6 is 0 Å². The summed E-state index contributed by atoms with van der Waals surface area (Å²) in [6.07, 6.45) is 3.52. The van der Waals surface area contributed by atoms with E-state index in [-0.39, 0.29) is 29.3 Å². The molecule has 0 spiro atoms. The van der Waals surface area contributed by atoms with E-state index in [1.165, 1.54) is 0 Å². The van der Waals surface area contributed by atoms with Crippen LogP contribution in [-0.4, -0.2) is 38.2 Å². The van der Waals surface area contributed by atoms with E-state index in [1.54, 1.807) is 6.92 Å². The summed E-state index contributed by atoms with van der Waals surface area (Å²) in [5.74, 6) is 0.475. The van der Waals surface area contributed by atoms with Gasteiger partial charge in [-0.05, 0) is 51.7 Å². The van der Waals surface area contributed by atoms with Gasteiger partial charge in [-0.3, -0.25) is 4.98 Å². The van der Waals surface area contributed by atoms with Gasteiger partial charge < -0.3 is 26.6 Å². The molecule has 0 amide bonds. The van der Waals surface area contributed by atoms with Crippen molar-refractivity contribution < 1.29 is 14.6 Å². The Morgan fingerprint density at radius 1 is 1.13 bits per heavy atom. The summed E-state index contributed by atoms with van der Waals surface area (Å²) in [6.45, 7) is 3.53. The number of nitrogens with zero attached hydrogens (tertiary/aromatic N) is 3. The summed E-state index contributed by atoms with van der Waals surface area (Å²) in [6, 6.07) is 7.63. The molecule has 1 saturated carbocycles. The van der Waals surface area contributed by atoms with E-state index in [9.17, 15) is 9.90 Å². The maximum Gasteiger partial charge on any atom is 0.339 e. The highest BCUT2D eigenvalue weighted by Gasteiger charge is 2.25. The molecule has 4 rings (SSSR count). The zero-order valence-electron chi connectivity index (χ0n) is 17.6. The Morgan fingerprint density at radius 2 is 1.87 bits per heavy atom. The van der Waals surface area contributed by atoms with Crippen LogP contribution in [0.4, 0.5) is 17.5 Å². The van der Waals surface area contributed by atoms with Crippen molar-refractivity contribution in [1.29, 1.82) is 0 Å². The molecule has 1 aromatic carbocycles. The Bertz CT molecular complexity index is 1120. The highest BCUT2D eigenvalue weighted by Crippen LogP contribution is 2.35. The molecule has 9 nitrogen and oxygen atoms in total. The maximum atomic E-state index is 11.6. The molecule has 0 aliphatic heterocycles. The summed E-state index contributed by atoms with van der Waals surface area (Å²) < 4.78 is 6.27. The van der Waals surface area contributed by atoms with Gasteiger partial charge in [0.2, 0.25) is 5.95 Å². The van der Waals surface area contributed by atoms with Gasteiger partial charge in [-0.1, -0.05) is 6.07 Å². The van der Waals surface area contributed by atoms with Crippen molar-refractivity contribution in [2.45, 2.75) is 51.7 Å². The zero-order valence-corrected chi connectivity index (χ0v) is 17.6. The fraction of sp³-hybridized carbons (Fsp3) is 0.364. The lowest BCUT2D eigenvalue weighted by Gasteiger charge is -2.30. The number of fused-ring (bicyclic) bond motifs is 1. The fourth-order valence-corrected chi connectivity index (χ4v) is 4.19. The maximum absolute atomic E-state index is 11.6. The first-order chi connectivity index (χ1) is 14.8. The lowest BCUT2D eigenvalue weighted by atomic mass is 9.93. The van der Waals surface area contributed by atoms with E-state index in [4.69, 9.17) is 16.2 Å². The number of carboxylic acids is 1. The Kier molecular flexibility index (Phi) is 5.50. The molecule has 0 saturated heterocycles. The lowest BCUT2D eigenvalue weighted by Crippen LogP contribution is -2.31. The molecule has 1 aliphatic rings. The second-order valence-electron chi connectivity index (χ2n) is 7.93. The van der Waals surface area contributed by atoms with Crippen LogP contribution in [0.15, 0.2) is 24.3 Å². The number of nitrogens with two attached hydrogens (primary N) is 2. The number of aryl methyl sites for hydroxylation is 2. The number of nitrogens with one attached hydrogen (secondary N) is 1. The van der Waals surface area contributed by atoms with E-state index in [1.807, 2.05) is 31.2 Å². The van der Waals surface area contributed by atoms with Crippen LogP contribution in [0.1, 0.15) is 47.4 Å². The normalized spacial score (nSPS) is 18.6. The average Bonchev–Trinajstić information content (AvgIpc) is 2.68. The molecule has 1 aliphatic carbocycles. The molecule has 0 unspecified atom stereocenters. The number of aromatic nitrogens is 3. The van der Waals surface area contributed by atoms with Crippen molar-refractivity contribution in [2.24, 2.45) is 0 Å². The van der Waals surface area contributed by atoms with Crippen LogP contribution in [0.25, 0.3) is 10.9 Å². The van der Waals surface area contributed by atoms with Crippen molar-refractivity contribution in [3.8, 4) is 5.75 Å². The van der Waals surface area contributed by atoms with Gasteiger partial charge in [-0.15, -0.1) is 0 Å². The van der Waals surface area contributed by atoms with Crippen LogP contribution < -0.4 is 21.5 Å². The number of anilines is 3. The molecule has 0 radical (unpaired) electrons. The first-order valence-corrected chi connectivity index (χ1v) is 10.3. The zero-order chi connectivity index (χ0) is 22.1. The number of hydrogen-bond donors (Lipinski definition) is 4. The van der Waals surface area contributed by atoms with E-state index in [0.29, 0.717) is 22.3 Å². The highest BCUT2D eigenvalue weighted by molar-refractivity contribution is 6.06. The second kappa shape index (κ2) is 8.25. The summed E-state index contributed by atoms with van der Waals surface area (Å²) in [4.78, 5) is 24.4. The molecule has 0 atom stereocenters. The smallest absolute Gasteiger partial charge is 0.339 e. The molecule has 0 bridgehead atoms. The van der Waals surface area contributed by atoms with Gasteiger partial charge in [0.05, 0.1) is 28.4 Å². The SMILES string of the molecule is Cc1cc(N[C@H]2CC[C@H](Oc3cccc4nc(C)c(C(=O)O)c(N)c34)CC2)nc(N)n1. The van der Waals surface area contributed by atoms with Gasteiger partial charge in [-0.2, -0.15) is 4.98 Å². The summed E-state index contributed by atoms with van der Waals surface area (Å²) in [5.41, 5.74) is 14.0. The molecule has 6 N–H and O–H groups in total. The molecular formula is C22H26N6O3. The first kappa shape index (κ1) is 20.6. The predicted molar refractivity (Wildman–Crippen MR) is 119 cm³/mol. The third-order valence-corrected chi connectivity index (χ3v) is 5.60. The Labute approximate surface area is 179 Å². The summed E-state index contributed by atoms with van der Waals surface area (Å²) in [5, 5.41) is 13.5. The molecule has 31 heavy (non-hydrogen) atoms. The first-order valence-electron chi connectivity index (χ1n) is 10.3. The van der Waals surface area contributed by atoms with Crippen molar-refractivity contribution >= 4 is 34.3 Å². The highest BCUT2D eigenvalue weighted by atomic mass is 16.5. The number of aromatic carboxylic acids is 1. The van der Waals surface area contributed by atoms with Gasteiger partial charge in [0.15, 0.2) is 0 Å². The Hall–Kier alpha value is -3.62. The van der Waals surface area contributed by atoms with Gasteiger partial charge in [0, 0.05) is 17.8 Å². The molecule has 2 heterocycles. The molecule has 162 valence electrons. The minimum Gasteiger partial charge on any atom is -0.490 e. The van der Waals surface area contributed by atoms with Gasteiger partial charge in [-0.25, -0.2) is 9.78 Å². The molecule has 3 aromatic rings. The third-order valence-electron chi connectivity index (χ3n) is 5.60. The van der Waals surface area contributed by atoms with Crippen LogP contribution in [0.5, 0.6) is 5.75 Å². The summed E-state index contributed by atoms with van der Waals surface area (Å²) in [7, 11) is 0. The monoisotopic (exact) mass is 422 g/mol. The lowest BCUT2D eigenvalue weighted by molar-refractivity contribution is 0.0697. The number of rotatable bonds is 5. The van der Waals surface area contributed by atoms with Crippen LogP contribution in [0.2, 0.25) is 0 Å². The second-order valence-corrected chi connectivity index (χ2v) is 7.93. The molecule has 1 fully saturated rings. The van der Waals surface area contributed by atoms with E-state index in [2.05, 4.69) is 20.3 Å². The van der Waals surface area contributed by atoms with Crippen LogP contribution in [0, 0.1) is 13.8 Å². The number of carbonyl (C=O) groups is 1. The average molecular weight is 422 g/mol. The number of nitrogen functional groups attached to an aromatic ring is 2. The third kappa shape index (κ3) is 4.30. The molecule has 2 aromatic heterocycles. The van der Waals surface area contributed by atoms with Crippen molar-refractivity contribution in [2.75, 3.05) is 16.8 Å². The Balaban J connectivity index is 1.48. The van der Waals surface area contributed by atoms with Crippen molar-refractivity contribution in [3.05, 3.63) is 41.2 Å². The Morgan fingerprint density at radius 3 is 2.55 bits per heavy atom. The quantitative estimate of drug-likeness (QED) is 0.485. The number of benzene rings is 1. The number of ether oxygens (including phenoxy) is 1. The minimum atomic E-state index is -1.09. The van der Waals surface area contributed by atoms with Crippen molar-refractivity contribution in [1.82, 2.24) is 15.0 Å². The van der Waals surface area contributed by atoms with E-state index >= 15 is 0 Å². The standard InChI is InChI=1S/C22H26N6O3/c1-11-10-17(28-22(24)25-11)27-13-6-8-14(9-7-13)31-16-5-3-4-15-19(16)20(23)18(21(29)30)12(2)26-15/h3-5,10,13-14H,6-9H2,1-2H3,(H2,23,26)(H,29,30)(H3,24,25,27,28)/t13-,14-. The van der Waals surface area contributed by atoms with Gasteiger partial charge in [0.25, 0.3) is 0 Å². The van der Waals surface area contributed by atoms with Crippen LogP contribution in [0.3, 0.4) is 0 Å². The largest absolute Gasteiger partial charge is 0.490 e. The number of hydrogen-bond acceptors (Lipinski definition) is 8. The molecular weight excluding hydrogens is 396 g/mol. The van der Waals surface area contributed by atoms with Gasteiger partial charge in [0.1, 0.15) is 17.1 Å².